The molecule has 0 aliphatic carbocycles. The fourth-order valence-corrected chi connectivity index (χ4v) is 2.38. The fraction of sp³-hybridized carbons (Fsp3) is 0.500. The third-order valence-corrected chi connectivity index (χ3v) is 3.70. The third kappa shape index (κ3) is 2.92. The number of nitrogens with zero attached hydrogens (tertiary/aromatic N) is 1. The smallest absolute Gasteiger partial charge is 0.239 e. The van der Waals surface area contributed by atoms with Crippen molar-refractivity contribution < 1.29 is 13.6 Å². The van der Waals surface area contributed by atoms with Gasteiger partial charge in [0, 0.05) is 12.6 Å². The Morgan fingerprint density at radius 1 is 1.47 bits per heavy atom. The second kappa shape index (κ2) is 5.65. The van der Waals surface area contributed by atoms with Crippen LogP contribution in [0.2, 0.25) is 0 Å². The van der Waals surface area contributed by atoms with E-state index in [9.17, 15) is 13.6 Å². The van der Waals surface area contributed by atoms with Gasteiger partial charge >= 0.3 is 0 Å². The van der Waals surface area contributed by atoms with Crippen LogP contribution in [0.15, 0.2) is 18.2 Å². The van der Waals surface area contributed by atoms with Crippen molar-refractivity contribution >= 4 is 5.91 Å². The van der Waals surface area contributed by atoms with E-state index in [1.807, 2.05) is 0 Å². The summed E-state index contributed by atoms with van der Waals surface area (Å²) < 4.78 is 26.9. The third-order valence-electron chi connectivity index (χ3n) is 3.70. The molecule has 1 saturated heterocycles. The predicted octanol–water partition coefficient (Wildman–Crippen LogP) is 2.24. The van der Waals surface area contributed by atoms with Gasteiger partial charge in [-0.05, 0) is 44.5 Å². The normalized spacial score (nSPS) is 20.3. The molecule has 1 heterocycles. The van der Waals surface area contributed by atoms with E-state index >= 15 is 0 Å². The Hall–Kier alpha value is -1.49. The topological polar surface area (TPSA) is 32.3 Å². The van der Waals surface area contributed by atoms with Crippen LogP contribution in [-0.2, 0) is 4.79 Å². The first-order chi connectivity index (χ1) is 9.00. The zero-order valence-corrected chi connectivity index (χ0v) is 11.1. The van der Waals surface area contributed by atoms with Crippen molar-refractivity contribution in [3.8, 4) is 0 Å². The molecule has 1 fully saturated rings. The summed E-state index contributed by atoms with van der Waals surface area (Å²) in [4.78, 5) is 13.7. The molecule has 0 radical (unpaired) electrons. The average Bonchev–Trinajstić information content (AvgIpc) is 2.93. The Kier molecular flexibility index (Phi) is 4.14. The highest BCUT2D eigenvalue weighted by molar-refractivity contribution is 5.82. The summed E-state index contributed by atoms with van der Waals surface area (Å²) in [5.41, 5.74) is 0.203. The molecule has 2 atom stereocenters. The van der Waals surface area contributed by atoms with Gasteiger partial charge in [-0.1, -0.05) is 0 Å². The highest BCUT2D eigenvalue weighted by Crippen LogP contribution is 2.24. The van der Waals surface area contributed by atoms with E-state index < -0.39 is 17.7 Å². The van der Waals surface area contributed by atoms with Crippen LogP contribution in [0.5, 0.6) is 0 Å². The molecule has 1 amide bonds. The van der Waals surface area contributed by atoms with Crippen molar-refractivity contribution in [3.05, 3.63) is 35.4 Å². The molecule has 0 bridgehead atoms. The molecular weight excluding hydrogens is 250 g/mol. The van der Waals surface area contributed by atoms with Crippen molar-refractivity contribution in [1.29, 1.82) is 0 Å². The Bertz CT molecular complexity index is 473. The summed E-state index contributed by atoms with van der Waals surface area (Å²) in [6.07, 6.45) is 1.76. The SMILES string of the molecule is CC(c1cc(F)ccc1F)N(C)C(=O)[C@@H]1CCCN1. The molecule has 2 rings (SSSR count). The fourth-order valence-electron chi connectivity index (χ4n) is 2.38. The molecule has 0 spiro atoms. The molecule has 1 unspecified atom stereocenters. The number of likely N-dealkylation sites (N-methyl/N-ethyl adjacent to an activating group) is 1. The first-order valence-electron chi connectivity index (χ1n) is 6.45. The molecule has 1 aliphatic rings. The van der Waals surface area contributed by atoms with Crippen LogP contribution in [0.3, 0.4) is 0 Å². The maximum atomic E-state index is 13.7. The highest BCUT2D eigenvalue weighted by atomic mass is 19.1. The first kappa shape index (κ1) is 13.9. The van der Waals surface area contributed by atoms with Crippen LogP contribution in [0.25, 0.3) is 0 Å². The van der Waals surface area contributed by atoms with Gasteiger partial charge in [0.05, 0.1) is 12.1 Å². The van der Waals surface area contributed by atoms with E-state index in [1.165, 1.54) is 4.90 Å². The average molecular weight is 268 g/mol. The summed E-state index contributed by atoms with van der Waals surface area (Å²) >= 11 is 0. The second-order valence-electron chi connectivity index (χ2n) is 4.94. The number of carbonyl (C=O) groups excluding carboxylic acids is 1. The van der Waals surface area contributed by atoms with Gasteiger partial charge in [0.2, 0.25) is 5.91 Å². The standard InChI is InChI=1S/C14H18F2N2O/c1-9(11-8-10(15)5-6-12(11)16)18(2)14(19)13-4-3-7-17-13/h5-6,8-9,13,17H,3-4,7H2,1-2H3/t9?,13-/m0/s1. The minimum absolute atomic E-state index is 0.0753. The van der Waals surface area contributed by atoms with Gasteiger partial charge < -0.3 is 10.2 Å². The van der Waals surface area contributed by atoms with Crippen LogP contribution >= 0.6 is 0 Å². The molecule has 1 aromatic carbocycles. The maximum absolute atomic E-state index is 13.7. The van der Waals surface area contributed by atoms with Crippen molar-refractivity contribution in [2.45, 2.75) is 31.8 Å². The number of carbonyl (C=O) groups is 1. The van der Waals surface area contributed by atoms with Crippen molar-refractivity contribution in [3.63, 3.8) is 0 Å². The molecular formula is C14H18F2N2O. The first-order valence-corrected chi connectivity index (χ1v) is 6.45. The number of hydrogen-bond donors (Lipinski definition) is 1. The number of halogens is 2. The zero-order chi connectivity index (χ0) is 14.0. The number of nitrogens with one attached hydrogen (secondary N) is 1. The quantitative estimate of drug-likeness (QED) is 0.911. The minimum atomic E-state index is -0.497. The molecule has 1 aliphatic heterocycles. The zero-order valence-electron chi connectivity index (χ0n) is 11.1. The number of amides is 1. The van der Waals surface area contributed by atoms with E-state index in [1.54, 1.807) is 14.0 Å². The Morgan fingerprint density at radius 2 is 2.21 bits per heavy atom. The lowest BCUT2D eigenvalue weighted by molar-refractivity contribution is -0.133. The van der Waals surface area contributed by atoms with E-state index in [2.05, 4.69) is 5.32 Å². The monoisotopic (exact) mass is 268 g/mol. The molecule has 0 aromatic heterocycles. The number of hydrogen-bond acceptors (Lipinski definition) is 2. The Morgan fingerprint density at radius 3 is 2.84 bits per heavy atom. The van der Waals surface area contributed by atoms with Gasteiger partial charge in [-0.25, -0.2) is 8.78 Å². The highest BCUT2D eigenvalue weighted by Gasteiger charge is 2.28. The Balaban J connectivity index is 2.15. The molecule has 1 aromatic rings. The van der Waals surface area contributed by atoms with Crippen molar-refractivity contribution in [2.24, 2.45) is 0 Å². The molecule has 3 nitrogen and oxygen atoms in total. The van der Waals surface area contributed by atoms with Gasteiger partial charge in [-0.2, -0.15) is 0 Å². The van der Waals surface area contributed by atoms with Gasteiger partial charge in [-0.3, -0.25) is 4.79 Å². The van der Waals surface area contributed by atoms with E-state index in [0.717, 1.165) is 37.6 Å². The maximum Gasteiger partial charge on any atom is 0.239 e. The lowest BCUT2D eigenvalue weighted by atomic mass is 10.1. The van der Waals surface area contributed by atoms with E-state index in [4.69, 9.17) is 0 Å². The van der Waals surface area contributed by atoms with Crippen LogP contribution in [0.1, 0.15) is 31.4 Å². The van der Waals surface area contributed by atoms with Crippen LogP contribution in [-0.4, -0.2) is 30.4 Å². The summed E-state index contributed by atoms with van der Waals surface area (Å²) in [6.45, 7) is 2.53. The summed E-state index contributed by atoms with van der Waals surface area (Å²) in [7, 11) is 1.62. The lowest BCUT2D eigenvalue weighted by Crippen LogP contribution is -2.42. The largest absolute Gasteiger partial charge is 0.338 e. The number of rotatable bonds is 3. The molecule has 104 valence electrons. The predicted molar refractivity (Wildman–Crippen MR) is 68.6 cm³/mol. The molecule has 19 heavy (non-hydrogen) atoms. The summed E-state index contributed by atoms with van der Waals surface area (Å²) in [6, 6.07) is 2.61. The summed E-state index contributed by atoms with van der Waals surface area (Å²) in [5, 5.41) is 3.11. The van der Waals surface area contributed by atoms with Crippen molar-refractivity contribution in [1.82, 2.24) is 10.2 Å². The van der Waals surface area contributed by atoms with E-state index in [-0.39, 0.29) is 17.5 Å². The molecule has 1 N–H and O–H groups in total. The van der Waals surface area contributed by atoms with E-state index in [0.29, 0.717) is 0 Å². The van der Waals surface area contributed by atoms with Crippen LogP contribution in [0, 0.1) is 11.6 Å². The van der Waals surface area contributed by atoms with Gasteiger partial charge in [-0.15, -0.1) is 0 Å². The van der Waals surface area contributed by atoms with Gasteiger partial charge in [0.25, 0.3) is 0 Å². The molecule has 0 saturated carbocycles. The Labute approximate surface area is 111 Å². The molecule has 5 heteroatoms. The van der Waals surface area contributed by atoms with Crippen molar-refractivity contribution in [2.75, 3.05) is 13.6 Å². The van der Waals surface area contributed by atoms with Crippen LogP contribution < -0.4 is 5.32 Å². The minimum Gasteiger partial charge on any atom is -0.338 e. The number of benzene rings is 1. The lowest BCUT2D eigenvalue weighted by Gasteiger charge is -2.28. The van der Waals surface area contributed by atoms with Gasteiger partial charge in [0.15, 0.2) is 0 Å². The van der Waals surface area contributed by atoms with Crippen LogP contribution in [0.4, 0.5) is 8.78 Å². The second-order valence-corrected chi connectivity index (χ2v) is 4.94. The van der Waals surface area contributed by atoms with Gasteiger partial charge in [0.1, 0.15) is 11.6 Å². The summed E-state index contributed by atoms with van der Waals surface area (Å²) in [5.74, 6) is -1.07.